The summed E-state index contributed by atoms with van der Waals surface area (Å²) in [4.78, 5) is 6.97. The van der Waals surface area contributed by atoms with Gasteiger partial charge in [-0.15, -0.1) is 0 Å². The van der Waals surface area contributed by atoms with Gasteiger partial charge in [0.15, 0.2) is 5.75 Å². The Morgan fingerprint density at radius 2 is 2.17 bits per heavy atom. The number of nitrogens with one attached hydrogen (secondary N) is 1. The van der Waals surface area contributed by atoms with E-state index < -0.39 is 5.82 Å². The lowest BCUT2D eigenvalue weighted by Crippen LogP contribution is -2.59. The number of aryl methyl sites for hydroxylation is 1. The summed E-state index contributed by atoms with van der Waals surface area (Å²) in [5.74, 6) is 0.0677. The first kappa shape index (κ1) is 18.5. The van der Waals surface area contributed by atoms with Gasteiger partial charge in [-0.3, -0.25) is 4.98 Å². The highest BCUT2D eigenvalue weighted by molar-refractivity contribution is 6.35. The number of benzene rings is 2. The van der Waals surface area contributed by atoms with Gasteiger partial charge in [0.2, 0.25) is 0 Å². The van der Waals surface area contributed by atoms with Crippen LogP contribution in [0.25, 0.3) is 22.0 Å². The van der Waals surface area contributed by atoms with Gasteiger partial charge in [0.25, 0.3) is 0 Å². The summed E-state index contributed by atoms with van der Waals surface area (Å²) < 4.78 is 20.5. The monoisotopic (exact) mass is 413 g/mol. The summed E-state index contributed by atoms with van der Waals surface area (Å²) in [5, 5.41) is 15.0. The standard InChI is InChI=1S/C22H21ClFN3O2/c1-11-9-27-13(7-25-11)10-29-18-8-26-21-12(2)19(15(23)6-14(21)22(18)27)20-16(24)4-3-5-17(20)28/h3-6,8,11,13,25,28H,7,9-10H2,1-2H3/t11-,13-/m1/s1. The summed E-state index contributed by atoms with van der Waals surface area (Å²) in [5.41, 5.74) is 2.99. The fourth-order valence-corrected chi connectivity index (χ4v) is 4.81. The molecule has 0 saturated carbocycles. The third-order valence-corrected chi connectivity index (χ3v) is 6.17. The van der Waals surface area contributed by atoms with Crippen molar-refractivity contribution < 1.29 is 14.2 Å². The lowest BCUT2D eigenvalue weighted by molar-refractivity contribution is 0.236. The van der Waals surface area contributed by atoms with Crippen molar-refractivity contribution >= 4 is 28.2 Å². The van der Waals surface area contributed by atoms with Gasteiger partial charge >= 0.3 is 0 Å². The number of phenols is 1. The number of hydrogen-bond donors (Lipinski definition) is 2. The molecule has 29 heavy (non-hydrogen) atoms. The van der Waals surface area contributed by atoms with E-state index in [9.17, 15) is 9.50 Å². The minimum absolute atomic E-state index is 0.0985. The molecule has 0 bridgehead atoms. The van der Waals surface area contributed by atoms with E-state index in [1.54, 1.807) is 6.20 Å². The number of nitrogens with zero attached hydrogens (tertiary/aromatic N) is 2. The molecule has 0 spiro atoms. The Morgan fingerprint density at radius 1 is 1.34 bits per heavy atom. The van der Waals surface area contributed by atoms with Crippen molar-refractivity contribution in [3.05, 3.63) is 46.9 Å². The number of aromatic nitrogens is 1. The third-order valence-electron chi connectivity index (χ3n) is 5.87. The number of rotatable bonds is 1. The molecule has 2 aliphatic heterocycles. The van der Waals surface area contributed by atoms with Crippen molar-refractivity contribution in [3.63, 3.8) is 0 Å². The smallest absolute Gasteiger partial charge is 0.161 e. The van der Waals surface area contributed by atoms with Gasteiger partial charge in [-0.25, -0.2) is 4.39 Å². The zero-order valence-electron chi connectivity index (χ0n) is 16.2. The highest BCUT2D eigenvalue weighted by atomic mass is 35.5. The molecule has 0 aliphatic carbocycles. The van der Waals surface area contributed by atoms with Gasteiger partial charge in [-0.2, -0.15) is 0 Å². The Hall–Kier alpha value is -2.57. The van der Waals surface area contributed by atoms with Gasteiger partial charge in [-0.1, -0.05) is 17.7 Å². The quantitative estimate of drug-likeness (QED) is 0.624. The molecule has 2 N–H and O–H groups in total. The number of hydrogen-bond acceptors (Lipinski definition) is 5. The van der Waals surface area contributed by atoms with Crippen LogP contribution in [0.15, 0.2) is 30.5 Å². The minimum Gasteiger partial charge on any atom is -0.507 e. The summed E-state index contributed by atoms with van der Waals surface area (Å²) >= 11 is 6.66. The number of aromatic hydroxyl groups is 1. The van der Waals surface area contributed by atoms with E-state index in [-0.39, 0.29) is 17.4 Å². The number of anilines is 1. The molecule has 5 rings (SSSR count). The van der Waals surface area contributed by atoms with E-state index in [0.29, 0.717) is 23.2 Å². The lowest BCUT2D eigenvalue weighted by Gasteiger charge is -2.44. The van der Waals surface area contributed by atoms with E-state index >= 15 is 0 Å². The predicted octanol–water partition coefficient (Wildman–Crippen LogP) is 4.27. The minimum atomic E-state index is -0.522. The van der Waals surface area contributed by atoms with E-state index in [0.717, 1.165) is 41.0 Å². The first-order valence-electron chi connectivity index (χ1n) is 9.68. The van der Waals surface area contributed by atoms with Gasteiger partial charge in [-0.05, 0) is 37.6 Å². The van der Waals surface area contributed by atoms with Crippen molar-refractivity contribution in [1.29, 1.82) is 0 Å². The molecule has 3 aromatic rings. The van der Waals surface area contributed by atoms with E-state index in [2.05, 4.69) is 22.1 Å². The molecule has 2 aliphatic rings. The SMILES string of the molecule is Cc1c(-c2c(O)cccc2F)c(Cl)cc2c3c(cnc12)OC[C@H]1CN[C@H](C)CN31. The summed E-state index contributed by atoms with van der Waals surface area (Å²) in [6.45, 7) is 6.32. The molecule has 2 atom stereocenters. The molecule has 3 heterocycles. The Bertz CT molecular complexity index is 1120. The summed E-state index contributed by atoms with van der Waals surface area (Å²) in [6, 6.07) is 6.64. The van der Waals surface area contributed by atoms with Crippen LogP contribution >= 0.6 is 11.6 Å². The topological polar surface area (TPSA) is 57.6 Å². The third kappa shape index (κ3) is 2.81. The maximum Gasteiger partial charge on any atom is 0.161 e. The normalized spacial score (nSPS) is 20.9. The number of pyridine rings is 1. The molecule has 5 nitrogen and oxygen atoms in total. The molecular weight excluding hydrogens is 393 g/mol. The van der Waals surface area contributed by atoms with Crippen LogP contribution in [0, 0.1) is 12.7 Å². The number of fused-ring (bicyclic) bond motifs is 5. The van der Waals surface area contributed by atoms with Gasteiger partial charge in [0, 0.05) is 35.1 Å². The predicted molar refractivity (Wildman–Crippen MR) is 113 cm³/mol. The average molecular weight is 414 g/mol. The molecule has 7 heteroatoms. The largest absolute Gasteiger partial charge is 0.507 e. The molecule has 1 saturated heterocycles. The first-order valence-corrected chi connectivity index (χ1v) is 10.1. The summed E-state index contributed by atoms with van der Waals surface area (Å²) in [6.07, 6.45) is 1.73. The zero-order valence-corrected chi connectivity index (χ0v) is 16.9. The second-order valence-electron chi connectivity index (χ2n) is 7.79. The van der Waals surface area contributed by atoms with Crippen LogP contribution in [0.1, 0.15) is 12.5 Å². The molecule has 150 valence electrons. The second-order valence-corrected chi connectivity index (χ2v) is 8.19. The molecule has 2 aromatic carbocycles. The van der Waals surface area contributed by atoms with Crippen LogP contribution in [0.2, 0.25) is 5.02 Å². The molecule has 1 aromatic heterocycles. The van der Waals surface area contributed by atoms with Crippen molar-refractivity contribution in [2.75, 3.05) is 24.6 Å². The fraction of sp³-hybridized carbons (Fsp3) is 0.318. The Balaban J connectivity index is 1.77. The maximum absolute atomic E-state index is 14.6. The van der Waals surface area contributed by atoms with Crippen LogP contribution < -0.4 is 15.0 Å². The highest BCUT2D eigenvalue weighted by Crippen LogP contribution is 2.46. The fourth-order valence-electron chi connectivity index (χ4n) is 4.46. The highest BCUT2D eigenvalue weighted by Gasteiger charge is 2.34. The van der Waals surface area contributed by atoms with Crippen LogP contribution in [-0.4, -0.2) is 41.9 Å². The van der Waals surface area contributed by atoms with E-state index in [1.807, 2.05) is 13.0 Å². The van der Waals surface area contributed by atoms with Crippen molar-refractivity contribution in [2.24, 2.45) is 0 Å². The Labute approximate surface area is 173 Å². The van der Waals surface area contributed by atoms with Crippen molar-refractivity contribution in [3.8, 4) is 22.6 Å². The molecule has 0 unspecified atom stereocenters. The molecule has 1 fully saturated rings. The van der Waals surface area contributed by atoms with Crippen LogP contribution in [0.5, 0.6) is 11.5 Å². The van der Waals surface area contributed by atoms with Crippen molar-refractivity contribution in [1.82, 2.24) is 10.3 Å². The maximum atomic E-state index is 14.6. The van der Waals surface area contributed by atoms with Gasteiger partial charge in [0.05, 0.1) is 29.0 Å². The molecular formula is C22H21ClFN3O2. The van der Waals surface area contributed by atoms with Crippen LogP contribution in [0.4, 0.5) is 10.1 Å². The first-order chi connectivity index (χ1) is 14.0. The van der Waals surface area contributed by atoms with Crippen LogP contribution in [-0.2, 0) is 0 Å². The number of halogens is 2. The number of ether oxygens (including phenoxy) is 1. The van der Waals surface area contributed by atoms with E-state index in [1.165, 1.54) is 18.2 Å². The molecule has 0 radical (unpaired) electrons. The lowest BCUT2D eigenvalue weighted by atomic mass is 9.95. The number of phenolic OH excluding ortho intramolecular Hbond substituents is 1. The Kier molecular flexibility index (Phi) is 4.29. The van der Waals surface area contributed by atoms with Crippen LogP contribution in [0.3, 0.4) is 0 Å². The summed E-state index contributed by atoms with van der Waals surface area (Å²) in [7, 11) is 0. The zero-order chi connectivity index (χ0) is 20.3. The average Bonchev–Trinajstić information content (AvgIpc) is 2.69. The Morgan fingerprint density at radius 3 is 2.97 bits per heavy atom. The van der Waals surface area contributed by atoms with Gasteiger partial charge in [0.1, 0.15) is 18.2 Å². The van der Waals surface area contributed by atoms with E-state index in [4.69, 9.17) is 16.3 Å². The van der Waals surface area contributed by atoms with Crippen molar-refractivity contribution in [2.45, 2.75) is 25.9 Å². The number of piperazine rings is 1. The second kappa shape index (κ2) is 6.75. The molecule has 0 amide bonds. The van der Waals surface area contributed by atoms with Gasteiger partial charge < -0.3 is 20.1 Å².